The Balaban J connectivity index is 1.56. The number of nitrogens with zero attached hydrogens (tertiary/aromatic N) is 3. The van der Waals surface area contributed by atoms with Crippen LogP contribution < -0.4 is 4.90 Å². The molecule has 1 amide bonds. The van der Waals surface area contributed by atoms with Crippen molar-refractivity contribution in [3.8, 4) is 0 Å². The van der Waals surface area contributed by atoms with Crippen LogP contribution in [0.3, 0.4) is 0 Å². The topological polar surface area (TPSA) is 26.8 Å². The molecule has 2 saturated heterocycles. The normalized spacial score (nSPS) is 22.0. The largest absolute Gasteiger partial charge is 0.372 e. The fourth-order valence-electron chi connectivity index (χ4n) is 4.59. The second-order valence-electron chi connectivity index (χ2n) is 8.46. The molecule has 0 saturated carbocycles. The zero-order chi connectivity index (χ0) is 19.2. The number of hydrogen-bond acceptors (Lipinski definition) is 3. The number of carbonyl (C=O) groups excluding carboxylic acids is 1. The monoisotopic (exact) mass is 371 g/mol. The third-order valence-electron chi connectivity index (χ3n) is 6.44. The minimum absolute atomic E-state index is 0.207. The Kier molecular flexibility index (Phi) is 7.17. The number of amides is 1. The molecule has 0 N–H and O–H groups in total. The molecule has 2 aliphatic rings. The van der Waals surface area contributed by atoms with Crippen LogP contribution in [0.4, 0.5) is 5.69 Å². The highest BCUT2D eigenvalue weighted by Crippen LogP contribution is 2.23. The van der Waals surface area contributed by atoms with Crippen molar-refractivity contribution in [2.45, 2.75) is 46.5 Å². The highest BCUT2D eigenvalue weighted by atomic mass is 16.2. The van der Waals surface area contributed by atoms with Crippen molar-refractivity contribution in [1.82, 2.24) is 9.80 Å². The molecular weight excluding hydrogens is 334 g/mol. The molecule has 4 heteroatoms. The predicted octanol–water partition coefficient (Wildman–Crippen LogP) is 4.12. The Labute approximate surface area is 165 Å². The fraction of sp³-hybridized carbons (Fsp3) is 0.696. The van der Waals surface area contributed by atoms with Gasteiger partial charge in [0.1, 0.15) is 0 Å². The van der Waals surface area contributed by atoms with Crippen LogP contribution in [0.25, 0.3) is 0 Å². The molecule has 2 fully saturated rings. The molecule has 1 aromatic rings. The van der Waals surface area contributed by atoms with Gasteiger partial charge in [0.05, 0.1) is 0 Å². The van der Waals surface area contributed by atoms with Gasteiger partial charge < -0.3 is 14.7 Å². The average Bonchev–Trinajstić information content (AvgIpc) is 2.71. The first-order valence-corrected chi connectivity index (χ1v) is 11.0. The van der Waals surface area contributed by atoms with Crippen molar-refractivity contribution in [1.29, 1.82) is 0 Å². The molecule has 0 aliphatic carbocycles. The Morgan fingerprint density at radius 1 is 1.04 bits per heavy atom. The van der Waals surface area contributed by atoms with Crippen LogP contribution in [0.2, 0.25) is 0 Å². The minimum Gasteiger partial charge on any atom is -0.372 e. The highest BCUT2D eigenvalue weighted by Gasteiger charge is 2.27. The quantitative estimate of drug-likeness (QED) is 0.753. The third-order valence-corrected chi connectivity index (χ3v) is 6.44. The summed E-state index contributed by atoms with van der Waals surface area (Å²) in [5, 5.41) is 0. The van der Waals surface area contributed by atoms with Gasteiger partial charge in [0, 0.05) is 44.0 Å². The number of anilines is 1. The zero-order valence-corrected chi connectivity index (χ0v) is 17.5. The molecule has 150 valence electrons. The minimum atomic E-state index is 0.207. The summed E-state index contributed by atoms with van der Waals surface area (Å²) in [6, 6.07) is 8.20. The predicted molar refractivity (Wildman–Crippen MR) is 113 cm³/mol. The lowest BCUT2D eigenvalue weighted by Crippen LogP contribution is -2.45. The third kappa shape index (κ3) is 5.25. The molecular formula is C23H37N3O. The smallest absolute Gasteiger partial charge is 0.253 e. The van der Waals surface area contributed by atoms with E-state index < -0.39 is 0 Å². The van der Waals surface area contributed by atoms with Crippen LogP contribution >= 0.6 is 0 Å². The van der Waals surface area contributed by atoms with Gasteiger partial charge in [-0.15, -0.1) is 0 Å². The Hall–Kier alpha value is -1.55. The second kappa shape index (κ2) is 9.59. The molecule has 0 spiro atoms. The van der Waals surface area contributed by atoms with E-state index in [4.69, 9.17) is 0 Å². The van der Waals surface area contributed by atoms with E-state index in [-0.39, 0.29) is 5.91 Å². The molecule has 0 aromatic heterocycles. The van der Waals surface area contributed by atoms with Crippen molar-refractivity contribution in [3.63, 3.8) is 0 Å². The van der Waals surface area contributed by atoms with Crippen LogP contribution in [-0.4, -0.2) is 61.5 Å². The lowest BCUT2D eigenvalue weighted by Gasteiger charge is -2.38. The van der Waals surface area contributed by atoms with E-state index in [0.29, 0.717) is 5.92 Å². The van der Waals surface area contributed by atoms with Crippen LogP contribution in [-0.2, 0) is 0 Å². The van der Waals surface area contributed by atoms with Gasteiger partial charge in [0.25, 0.3) is 5.91 Å². The molecule has 4 nitrogen and oxygen atoms in total. The van der Waals surface area contributed by atoms with Crippen LogP contribution in [0, 0.1) is 11.8 Å². The molecule has 27 heavy (non-hydrogen) atoms. The van der Waals surface area contributed by atoms with Crippen molar-refractivity contribution >= 4 is 11.6 Å². The highest BCUT2D eigenvalue weighted by molar-refractivity contribution is 5.94. The molecule has 3 rings (SSSR count). The maximum atomic E-state index is 13.0. The summed E-state index contributed by atoms with van der Waals surface area (Å²) in [5.74, 6) is 1.72. The maximum Gasteiger partial charge on any atom is 0.253 e. The van der Waals surface area contributed by atoms with Gasteiger partial charge in [-0.3, -0.25) is 4.79 Å². The van der Waals surface area contributed by atoms with Crippen molar-refractivity contribution in [3.05, 3.63) is 29.8 Å². The summed E-state index contributed by atoms with van der Waals surface area (Å²) in [7, 11) is 0. The van der Waals surface area contributed by atoms with Gasteiger partial charge in [-0.05, 0) is 88.7 Å². The number of carbonyl (C=O) groups is 1. The van der Waals surface area contributed by atoms with E-state index in [1.165, 1.54) is 38.0 Å². The van der Waals surface area contributed by atoms with Gasteiger partial charge in [0.15, 0.2) is 0 Å². The SMILES string of the molecule is CCN(CC)c1ccc(C(=O)N2CCCC(CN3CCC(C)CC3)C2)cc1. The van der Waals surface area contributed by atoms with Crippen LogP contribution in [0.5, 0.6) is 0 Å². The Morgan fingerprint density at radius 2 is 1.70 bits per heavy atom. The van der Waals surface area contributed by atoms with Gasteiger partial charge in [-0.1, -0.05) is 6.92 Å². The summed E-state index contributed by atoms with van der Waals surface area (Å²) in [4.78, 5) is 20.0. The Morgan fingerprint density at radius 3 is 2.33 bits per heavy atom. The molecule has 1 unspecified atom stereocenters. The molecule has 1 aromatic carbocycles. The van der Waals surface area contributed by atoms with Gasteiger partial charge in [0.2, 0.25) is 0 Å². The van der Waals surface area contributed by atoms with Gasteiger partial charge in [-0.2, -0.15) is 0 Å². The summed E-state index contributed by atoms with van der Waals surface area (Å²) in [5.41, 5.74) is 2.03. The van der Waals surface area contributed by atoms with E-state index in [2.05, 4.69) is 47.6 Å². The van der Waals surface area contributed by atoms with Crippen LogP contribution in [0.15, 0.2) is 24.3 Å². The van der Waals surface area contributed by atoms with E-state index in [1.807, 2.05) is 12.1 Å². The molecule has 1 atom stereocenters. The number of rotatable bonds is 6. The fourth-order valence-corrected chi connectivity index (χ4v) is 4.59. The zero-order valence-electron chi connectivity index (χ0n) is 17.5. The van der Waals surface area contributed by atoms with E-state index in [1.54, 1.807) is 0 Å². The number of piperidine rings is 2. The molecule has 2 aliphatic heterocycles. The van der Waals surface area contributed by atoms with Gasteiger partial charge >= 0.3 is 0 Å². The van der Waals surface area contributed by atoms with Crippen LogP contribution in [0.1, 0.15) is 56.8 Å². The first kappa shape index (κ1) is 20.2. The number of hydrogen-bond donors (Lipinski definition) is 0. The summed E-state index contributed by atoms with van der Waals surface area (Å²) < 4.78 is 0. The van der Waals surface area contributed by atoms with E-state index in [9.17, 15) is 4.79 Å². The lowest BCUT2D eigenvalue weighted by atomic mass is 9.94. The molecule has 2 heterocycles. The molecule has 0 radical (unpaired) electrons. The van der Waals surface area contributed by atoms with Crippen molar-refractivity contribution in [2.75, 3.05) is 50.7 Å². The maximum absolute atomic E-state index is 13.0. The van der Waals surface area contributed by atoms with Crippen molar-refractivity contribution < 1.29 is 4.79 Å². The first-order valence-electron chi connectivity index (χ1n) is 11.0. The van der Waals surface area contributed by atoms with E-state index >= 15 is 0 Å². The summed E-state index contributed by atoms with van der Waals surface area (Å²) in [6.45, 7) is 14.1. The lowest BCUT2D eigenvalue weighted by molar-refractivity contribution is 0.0622. The van der Waals surface area contributed by atoms with Crippen molar-refractivity contribution in [2.24, 2.45) is 11.8 Å². The second-order valence-corrected chi connectivity index (χ2v) is 8.46. The number of benzene rings is 1. The van der Waals surface area contributed by atoms with Gasteiger partial charge in [-0.25, -0.2) is 0 Å². The number of likely N-dealkylation sites (tertiary alicyclic amines) is 2. The Bertz CT molecular complexity index is 588. The summed E-state index contributed by atoms with van der Waals surface area (Å²) >= 11 is 0. The van der Waals surface area contributed by atoms with E-state index in [0.717, 1.165) is 50.6 Å². The average molecular weight is 372 g/mol. The molecule has 0 bridgehead atoms. The first-order chi connectivity index (χ1) is 13.1. The standard InChI is InChI=1S/C23H37N3O/c1-4-25(5-2)22-10-8-21(9-11-22)23(27)26-14-6-7-20(18-26)17-24-15-12-19(3)13-16-24/h8-11,19-20H,4-7,12-18H2,1-3H3. The summed E-state index contributed by atoms with van der Waals surface area (Å²) in [6.07, 6.45) is 5.05.